The summed E-state index contributed by atoms with van der Waals surface area (Å²) in [5.41, 5.74) is 2.46. The number of carboxylic acid groups (broad SMARTS) is 1. The lowest BCUT2D eigenvalue weighted by molar-refractivity contribution is -0.141. The molecule has 2 heterocycles. The first-order chi connectivity index (χ1) is 12.5. The van der Waals surface area contributed by atoms with Gasteiger partial charge >= 0.3 is 5.97 Å². The van der Waals surface area contributed by atoms with Crippen molar-refractivity contribution in [1.82, 2.24) is 9.55 Å². The second-order valence-corrected chi connectivity index (χ2v) is 6.95. The molecule has 1 aliphatic heterocycles. The van der Waals surface area contributed by atoms with Gasteiger partial charge in [-0.05, 0) is 43.0 Å². The fraction of sp³-hybridized carbons (Fsp3) is 0.286. The van der Waals surface area contributed by atoms with Crippen molar-refractivity contribution in [2.75, 3.05) is 0 Å². The van der Waals surface area contributed by atoms with Crippen LogP contribution in [-0.2, 0) is 11.2 Å². The molecule has 1 saturated carbocycles. The van der Waals surface area contributed by atoms with Gasteiger partial charge in [0.1, 0.15) is 11.2 Å². The summed E-state index contributed by atoms with van der Waals surface area (Å²) in [6, 6.07) is 7.71. The molecule has 1 aromatic carbocycles. The average Bonchev–Trinajstić information content (AvgIpc) is 3.37. The Morgan fingerprint density at radius 1 is 1.38 bits per heavy atom. The van der Waals surface area contributed by atoms with E-state index in [9.17, 15) is 14.7 Å². The predicted molar refractivity (Wildman–Crippen MR) is 101 cm³/mol. The predicted octanol–water partition coefficient (Wildman–Crippen LogP) is 3.33. The van der Waals surface area contributed by atoms with Crippen LogP contribution in [0.4, 0.5) is 0 Å². The summed E-state index contributed by atoms with van der Waals surface area (Å²) in [6.07, 6.45) is 8.21. The molecule has 1 N–H and O–H groups in total. The van der Waals surface area contributed by atoms with Gasteiger partial charge < -0.3 is 5.11 Å². The molecule has 1 aliphatic carbocycles. The Morgan fingerprint density at radius 3 is 2.85 bits per heavy atom. The number of aryl methyl sites for hydroxylation is 1. The van der Waals surface area contributed by atoms with Gasteiger partial charge in [0.05, 0.1) is 11.7 Å². The summed E-state index contributed by atoms with van der Waals surface area (Å²) in [4.78, 5) is 29.2. The van der Waals surface area contributed by atoms with Gasteiger partial charge in [0.2, 0.25) is 0 Å². The zero-order valence-electron chi connectivity index (χ0n) is 14.8. The third-order valence-electron chi connectivity index (χ3n) is 5.44. The number of hydrogen-bond donors (Lipinski definition) is 1. The zero-order chi connectivity index (χ0) is 18.5. The Morgan fingerprint density at radius 2 is 2.15 bits per heavy atom. The normalized spacial score (nSPS) is 22.9. The highest BCUT2D eigenvalue weighted by Crippen LogP contribution is 2.59. The number of fused-ring (bicyclic) bond motifs is 3. The Bertz CT molecular complexity index is 1030. The maximum absolute atomic E-state index is 13.0. The van der Waals surface area contributed by atoms with Crippen LogP contribution in [0.3, 0.4) is 0 Å². The van der Waals surface area contributed by atoms with Crippen molar-refractivity contribution in [1.29, 1.82) is 0 Å². The lowest BCUT2D eigenvalue weighted by Crippen LogP contribution is -2.32. The Kier molecular flexibility index (Phi) is 3.68. The van der Waals surface area contributed by atoms with Crippen LogP contribution in [-0.4, -0.2) is 20.6 Å². The van der Waals surface area contributed by atoms with E-state index in [2.05, 4.69) is 4.98 Å². The smallest absolute Gasteiger partial charge is 0.315 e. The fourth-order valence-electron chi connectivity index (χ4n) is 3.72. The van der Waals surface area contributed by atoms with E-state index in [1.54, 1.807) is 16.7 Å². The van der Waals surface area contributed by atoms with E-state index in [4.69, 9.17) is 0 Å². The van der Waals surface area contributed by atoms with Gasteiger partial charge in [0.15, 0.2) is 0 Å². The largest absolute Gasteiger partial charge is 0.481 e. The molecule has 0 radical (unpaired) electrons. The van der Waals surface area contributed by atoms with Crippen LogP contribution < -0.4 is 5.56 Å². The van der Waals surface area contributed by atoms with Crippen molar-refractivity contribution in [3.63, 3.8) is 0 Å². The fourth-order valence-corrected chi connectivity index (χ4v) is 3.72. The van der Waals surface area contributed by atoms with Crippen LogP contribution in [0.2, 0.25) is 0 Å². The lowest BCUT2D eigenvalue weighted by atomic mass is 10.0. The highest BCUT2D eigenvalue weighted by atomic mass is 16.4. The van der Waals surface area contributed by atoms with Crippen molar-refractivity contribution in [2.24, 2.45) is 5.41 Å². The van der Waals surface area contributed by atoms with Crippen LogP contribution in [0.15, 0.2) is 35.1 Å². The number of rotatable bonds is 4. The molecule has 5 heteroatoms. The van der Waals surface area contributed by atoms with Crippen molar-refractivity contribution in [3.05, 3.63) is 68.9 Å². The lowest BCUT2D eigenvalue weighted by Gasteiger charge is -2.19. The molecule has 26 heavy (non-hydrogen) atoms. The third-order valence-corrected chi connectivity index (χ3v) is 5.44. The quantitative estimate of drug-likeness (QED) is 0.920. The van der Waals surface area contributed by atoms with Gasteiger partial charge in [-0.2, -0.15) is 0 Å². The number of carboxylic acids is 1. The molecular formula is C21H20N2O3. The van der Waals surface area contributed by atoms with E-state index >= 15 is 0 Å². The number of hydrogen-bond acceptors (Lipinski definition) is 3. The molecule has 0 amide bonds. The van der Waals surface area contributed by atoms with Crippen molar-refractivity contribution >= 4 is 24.2 Å². The van der Waals surface area contributed by atoms with Crippen LogP contribution >= 0.6 is 0 Å². The summed E-state index contributed by atoms with van der Waals surface area (Å²) in [5.74, 6) is -0.339. The third kappa shape index (κ3) is 2.35. The first-order valence-corrected chi connectivity index (χ1v) is 8.79. The van der Waals surface area contributed by atoms with E-state index in [0.717, 1.165) is 11.1 Å². The summed E-state index contributed by atoms with van der Waals surface area (Å²) in [6.45, 7) is 3.96. The number of nitrogens with zero attached hydrogens (tertiary/aromatic N) is 2. The molecule has 0 spiro atoms. The second kappa shape index (κ2) is 5.80. The summed E-state index contributed by atoms with van der Waals surface area (Å²) < 4.78 is 1.57. The molecule has 5 nitrogen and oxygen atoms in total. The Hall–Kier alpha value is -2.95. The molecule has 1 fully saturated rings. The van der Waals surface area contributed by atoms with E-state index in [-0.39, 0.29) is 11.6 Å². The van der Waals surface area contributed by atoms with Gasteiger partial charge in [-0.1, -0.05) is 43.3 Å². The van der Waals surface area contributed by atoms with E-state index in [1.807, 2.05) is 50.3 Å². The highest BCUT2D eigenvalue weighted by Gasteiger charge is 2.62. The van der Waals surface area contributed by atoms with Crippen molar-refractivity contribution < 1.29 is 9.90 Å². The van der Waals surface area contributed by atoms with Gasteiger partial charge in [-0.15, -0.1) is 0 Å². The number of aromatic nitrogens is 2. The van der Waals surface area contributed by atoms with Crippen LogP contribution in [0.1, 0.15) is 47.6 Å². The van der Waals surface area contributed by atoms with Crippen molar-refractivity contribution in [3.8, 4) is 0 Å². The molecule has 2 aromatic rings. The van der Waals surface area contributed by atoms with Crippen LogP contribution in [0.5, 0.6) is 0 Å². The zero-order valence-corrected chi connectivity index (χ0v) is 14.8. The van der Waals surface area contributed by atoms with Crippen LogP contribution in [0, 0.1) is 12.3 Å². The molecule has 2 aliphatic rings. The minimum atomic E-state index is -0.929. The van der Waals surface area contributed by atoms with E-state index in [1.165, 1.54) is 0 Å². The Balaban J connectivity index is 1.80. The van der Waals surface area contributed by atoms with Crippen LogP contribution in [0.25, 0.3) is 18.2 Å². The molecule has 2 unspecified atom stereocenters. The standard InChI is InChI=1S/C21H20N2O3/c1-3-15-16(9-8-14-7-5-4-6-13(14)2)22-18-10-11-21(20(25)26)12-17(21)23(18)19(15)24/h4-11,17H,3,12H2,1-2H3,(H,25,26)/b9-8+. The number of carbonyl (C=O) groups is 1. The van der Waals surface area contributed by atoms with Gasteiger partial charge in [0, 0.05) is 5.56 Å². The second-order valence-electron chi connectivity index (χ2n) is 6.95. The van der Waals surface area contributed by atoms with Gasteiger partial charge in [-0.25, -0.2) is 4.98 Å². The highest BCUT2D eigenvalue weighted by molar-refractivity contribution is 5.84. The molecule has 132 valence electrons. The van der Waals surface area contributed by atoms with Gasteiger partial charge in [0.25, 0.3) is 5.56 Å². The molecule has 4 rings (SSSR count). The van der Waals surface area contributed by atoms with Crippen molar-refractivity contribution in [2.45, 2.75) is 32.7 Å². The monoisotopic (exact) mass is 348 g/mol. The summed E-state index contributed by atoms with van der Waals surface area (Å²) >= 11 is 0. The minimum absolute atomic E-state index is 0.126. The number of aliphatic carboxylic acids is 1. The summed E-state index contributed by atoms with van der Waals surface area (Å²) in [7, 11) is 0. The SMILES string of the molecule is CCc1c(/C=C/c2ccccc2C)nc2n(c1=O)C1CC1(C(=O)O)C=C2. The number of benzene rings is 1. The summed E-state index contributed by atoms with van der Waals surface area (Å²) in [5, 5.41) is 9.47. The maximum atomic E-state index is 13.0. The molecule has 1 aromatic heterocycles. The van der Waals surface area contributed by atoms with Gasteiger partial charge in [-0.3, -0.25) is 14.2 Å². The first-order valence-electron chi connectivity index (χ1n) is 8.79. The molecule has 0 saturated heterocycles. The topological polar surface area (TPSA) is 72.2 Å². The maximum Gasteiger partial charge on any atom is 0.315 e. The molecular weight excluding hydrogens is 328 g/mol. The first kappa shape index (κ1) is 16.5. The average molecular weight is 348 g/mol. The minimum Gasteiger partial charge on any atom is -0.481 e. The molecule has 0 bridgehead atoms. The Labute approximate surface area is 151 Å². The van der Waals surface area contributed by atoms with E-state index < -0.39 is 11.4 Å². The molecule has 2 atom stereocenters. The van der Waals surface area contributed by atoms with E-state index in [0.29, 0.717) is 29.9 Å².